The number of hydrogen-bond acceptors (Lipinski definition) is 19. The number of allylic oxidation sites excluding steroid dienone is 2. The van der Waals surface area contributed by atoms with Crippen molar-refractivity contribution in [3.8, 4) is 45.0 Å². The Hall–Kier alpha value is -5.41. The van der Waals surface area contributed by atoms with Crippen LogP contribution in [0.5, 0.6) is 0 Å². The molecule has 6 N–H and O–H groups in total. The molecule has 0 spiro atoms. The van der Waals surface area contributed by atoms with Crippen LogP contribution in [0.15, 0.2) is 247 Å². The number of aromatic nitrogens is 15. The Labute approximate surface area is 901 Å². The Balaban J connectivity index is 0.000000138. The number of aryl methyl sites for hydroxylation is 1. The van der Waals surface area contributed by atoms with Crippen LogP contribution in [-0.4, -0.2) is 124 Å². The van der Waals surface area contributed by atoms with Crippen LogP contribution in [0.3, 0.4) is 0 Å². The van der Waals surface area contributed by atoms with Gasteiger partial charge in [0.25, 0.3) is 9.05 Å². The Bertz CT molecular complexity index is 6630. The van der Waals surface area contributed by atoms with Crippen LogP contribution in [0.4, 0.5) is 0 Å². The van der Waals surface area contributed by atoms with E-state index < -0.39 is 16.2 Å². The first-order chi connectivity index (χ1) is 61.8. The van der Waals surface area contributed by atoms with E-state index in [1.54, 1.807) is 36.7 Å². The van der Waals surface area contributed by atoms with Gasteiger partial charge in [0.15, 0.2) is 0 Å². The maximum atomic E-state index is 10.7. The molecule has 0 amide bonds. The molecular weight excluding hydrogens is 2310 g/mol. The predicted octanol–water partition coefficient (Wildman–Crippen LogP) is 18.3. The first-order valence-electron chi connectivity index (χ1n) is 42.7. The molecular formula is C97H94B2Br2ClI4KN15NaO7S. The summed E-state index contributed by atoms with van der Waals surface area (Å²) < 4.78 is 38.3. The maximum Gasteiger partial charge on any atom is 1.00 e. The van der Waals surface area contributed by atoms with Gasteiger partial charge in [0.05, 0.1) is 110 Å². The second-order valence-electron chi connectivity index (χ2n) is 34.1. The van der Waals surface area contributed by atoms with Crippen molar-refractivity contribution in [3.63, 3.8) is 0 Å². The van der Waals surface area contributed by atoms with Crippen molar-refractivity contribution in [1.29, 1.82) is 0 Å². The second kappa shape index (κ2) is 46.8. The monoisotopic (exact) mass is 2400 g/mol. The van der Waals surface area contributed by atoms with Crippen LogP contribution in [0.2, 0.25) is 0 Å². The van der Waals surface area contributed by atoms with E-state index in [4.69, 9.17) is 50.0 Å². The van der Waals surface area contributed by atoms with E-state index in [2.05, 4.69) is 288 Å². The molecule has 8 aliphatic carbocycles. The molecule has 662 valence electrons. The molecule has 22 nitrogen and oxygen atoms in total. The fraction of sp³-hybridized carbons (Fsp3) is 0.278. The fourth-order valence-electron chi connectivity index (χ4n) is 14.8. The summed E-state index contributed by atoms with van der Waals surface area (Å²) in [6.07, 6.45) is 49.7. The molecule has 9 aromatic heterocycles. The molecule has 1 saturated heterocycles. The Morgan fingerprint density at radius 1 is 0.466 bits per heavy atom. The maximum absolute atomic E-state index is 10.7. The fourth-order valence-corrected chi connectivity index (χ4v) is 17.5. The van der Waals surface area contributed by atoms with Gasteiger partial charge in [-0.05, 0) is 307 Å². The van der Waals surface area contributed by atoms with Crippen molar-refractivity contribution in [1.82, 2.24) is 74.8 Å². The minimum absolute atomic E-state index is 0. The average molecular weight is 2400 g/mol. The van der Waals surface area contributed by atoms with E-state index in [1.165, 1.54) is 140 Å². The van der Waals surface area contributed by atoms with Crippen molar-refractivity contribution in [2.45, 2.75) is 176 Å². The smallest absolute Gasteiger partial charge is 1.00 e. The van der Waals surface area contributed by atoms with Gasteiger partial charge in [-0.25, -0.2) is 38.3 Å². The van der Waals surface area contributed by atoms with E-state index in [1.807, 2.05) is 99.6 Å². The van der Waals surface area contributed by atoms with E-state index in [9.17, 15) is 8.42 Å². The van der Waals surface area contributed by atoms with Gasteiger partial charge in [-0.1, -0.05) is 78.4 Å². The summed E-state index contributed by atoms with van der Waals surface area (Å²) in [5.41, 5.74) is 25.9. The summed E-state index contributed by atoms with van der Waals surface area (Å²) in [6, 6.07) is 41.6. The molecule has 0 bridgehead atoms. The number of rotatable bonds is 13. The number of nitrogens with one attached hydrogen (secondary N) is 3. The largest absolute Gasteiger partial charge is 1.00 e. The number of halogens is 7. The zero-order valence-electron chi connectivity index (χ0n) is 74.4. The van der Waals surface area contributed by atoms with Gasteiger partial charge >= 0.3 is 95.2 Å². The summed E-state index contributed by atoms with van der Waals surface area (Å²) >= 11 is 15.6. The topological polar surface area (TPSA) is 325 Å². The van der Waals surface area contributed by atoms with Crippen LogP contribution in [0.25, 0.3) is 86.8 Å². The van der Waals surface area contributed by atoms with Gasteiger partial charge in [-0.3, -0.25) is 29.9 Å². The number of fused-ring (bicyclic) bond motifs is 5. The summed E-state index contributed by atoms with van der Waals surface area (Å²) in [5, 5.41) is 21.2. The van der Waals surface area contributed by atoms with Gasteiger partial charge < -0.3 is 41.2 Å². The quantitative estimate of drug-likeness (QED) is 0.0407. The Morgan fingerprint density at radius 2 is 0.832 bits per heavy atom. The number of hydrogen-bond donors (Lipinski definition) is 5. The summed E-state index contributed by atoms with van der Waals surface area (Å²) in [5.74, 6) is 3.95. The molecule has 6 saturated carbocycles. The molecule has 131 heavy (non-hydrogen) atoms. The van der Waals surface area contributed by atoms with Crippen LogP contribution in [0, 0.1) is 10.5 Å². The molecule has 0 radical (unpaired) electrons. The first-order valence-corrected chi connectivity index (χ1v) is 55.0. The van der Waals surface area contributed by atoms with E-state index in [0.717, 1.165) is 123 Å². The third-order valence-electron chi connectivity index (χ3n) is 23.7. The SMILES string of the molecule is Brc1cncc(C2CC2)n1.Brc1cncc(C2CC2)n1.CC1(C)OB(C2=CCc3ccc(-c4cncc(C5CC5)n4)cc32)OC1(C)C.Cc1ccc(S(=O)(=O)Cl)cc1.IC1=CCc2ccc(-c3cncc(C4CC4)n3)cc21.II.Ic1c[nH]c2ccc(-c3cncc(C4CC4)n3)cc12.OB(O)c1ccc2[nH]ccc2c1.[H-].[K+].[Na+].[OH-].c1cc2cc(-c3cncc(C4CC4)n3)ccc2[nH]1. The third-order valence-corrected chi connectivity index (χ3v) is 27.8. The van der Waals surface area contributed by atoms with E-state index in [0.29, 0.717) is 41.0 Å². The van der Waals surface area contributed by atoms with Gasteiger partial charge in [0, 0.05) is 196 Å². The second-order valence-corrected chi connectivity index (χ2v) is 40.6. The molecule has 6 aromatic carbocycles. The number of benzene rings is 6. The van der Waals surface area contributed by atoms with Crippen LogP contribution in [-0.2, 0) is 31.2 Å². The molecule has 10 heterocycles. The first kappa shape index (κ1) is 103. The molecule has 9 aliphatic rings. The summed E-state index contributed by atoms with van der Waals surface area (Å²) in [6.45, 7) is 10.3. The van der Waals surface area contributed by atoms with E-state index >= 15 is 0 Å². The van der Waals surface area contributed by atoms with Crippen LogP contribution < -0.4 is 86.4 Å². The standard InChI is InChI=1S/C22H25BN2O2.C16H13IN2.C15H12IN3.C15H13N3.C8H8BNO2.2C7H7BrN2.C7H7ClO2S.I2.K.Na.H2O.H/c1-21(2)22(3,4)27-23(26-21)18-10-9-14-5-8-16(11-17(14)18)20-13-24-12-19(25-20)15-6-7-15;17-14-6-5-10-1-4-12(7-13(10)14)16-9-18-8-15(19-16)11-2-3-11;16-12-6-18-13-4-3-10(5-11(12)13)15-8-17-7-14(19-15)9-1-2-9;1-2-10(1)14-8-16-9-15(18-14)11-3-4-13-12(7-11)5-6-17-13;11-9(12)7-1-2-8-6(5-7)3-4-10-8;2*8-7-4-9-3-6(10-7)5-1-2-5;1-6-2-4-7(5-3-6)11(8,9)10;1-2;;;;/h5,8,10-13,15H,6-7,9H2,1-4H3;1,4,6-9,11H,2-3,5H2;3-9,18H,1-2H2;3-10,17H,1-2H2;1-5,10-12H;2*3-5H,1-2H2;2-5H,1H3;;;;1H2;/q;;;;;;;;;2*+1;;-1/p-1. The summed E-state index contributed by atoms with van der Waals surface area (Å²) in [7, 11) is -0.173. The third kappa shape index (κ3) is 27.8. The predicted molar refractivity (Wildman–Crippen MR) is 555 cm³/mol. The van der Waals surface area contributed by atoms with Gasteiger partial charge in [-0.15, -0.1) is 0 Å². The zero-order valence-corrected chi connectivity index (χ0v) is 91.9. The molecule has 15 aromatic rings. The Morgan fingerprint density at radius 3 is 1.25 bits per heavy atom. The molecule has 24 rings (SSSR count). The molecule has 1 aliphatic heterocycles. The van der Waals surface area contributed by atoms with Crippen molar-refractivity contribution in [3.05, 3.63) is 307 Å². The zero-order chi connectivity index (χ0) is 89.4. The molecule has 0 atom stereocenters. The number of nitrogens with zero attached hydrogens (tertiary/aromatic N) is 12. The number of H-pyrrole nitrogens is 3. The van der Waals surface area contributed by atoms with Crippen molar-refractivity contribution >= 4 is 195 Å². The van der Waals surface area contributed by atoms with E-state index in [-0.39, 0.29) is 111 Å². The van der Waals surface area contributed by atoms with Gasteiger partial charge in [-0.2, -0.15) is 0 Å². The van der Waals surface area contributed by atoms with Crippen LogP contribution in [0.1, 0.15) is 204 Å². The molecule has 7 fully saturated rings. The number of aromatic amines is 3. The van der Waals surface area contributed by atoms with Crippen molar-refractivity contribution in [2.24, 2.45) is 0 Å². The van der Waals surface area contributed by atoms with Crippen LogP contribution >= 0.6 is 125 Å². The molecule has 0 unspecified atom stereocenters. The average Bonchev–Trinajstić information content (AvgIpc) is 1.60. The molecule has 34 heteroatoms. The Kier molecular flexibility index (Phi) is 36.8. The normalized spacial score (nSPS) is 16.0. The van der Waals surface area contributed by atoms with Crippen molar-refractivity contribution < 1.29 is 116 Å². The summed E-state index contributed by atoms with van der Waals surface area (Å²) in [4.78, 5) is 62.8. The minimum atomic E-state index is -3.55. The van der Waals surface area contributed by atoms with Gasteiger partial charge in [0.2, 0.25) is 0 Å². The van der Waals surface area contributed by atoms with Crippen molar-refractivity contribution in [2.75, 3.05) is 0 Å². The minimum Gasteiger partial charge on any atom is -1.00 e. The van der Waals surface area contributed by atoms with Gasteiger partial charge in [0.1, 0.15) is 9.21 Å².